The number of ether oxygens (including phenoxy) is 1. The number of carbonyl (C=O) groups excluding carboxylic acids is 1. The van der Waals surface area contributed by atoms with Gasteiger partial charge in [0, 0.05) is 10.4 Å². The van der Waals surface area contributed by atoms with Gasteiger partial charge >= 0.3 is 0 Å². The van der Waals surface area contributed by atoms with E-state index in [1.807, 2.05) is 32.0 Å². The number of aromatic nitrogens is 4. The van der Waals surface area contributed by atoms with Gasteiger partial charge in [-0.25, -0.2) is 9.36 Å². The fourth-order valence-corrected chi connectivity index (χ4v) is 3.66. The molecule has 0 saturated carbocycles. The normalized spacial score (nSPS) is 11.0. The van der Waals surface area contributed by atoms with E-state index in [0.29, 0.717) is 33.1 Å². The fraction of sp³-hybridized carbons (Fsp3) is 0.217. The van der Waals surface area contributed by atoms with Gasteiger partial charge in [0.1, 0.15) is 17.8 Å². The maximum absolute atomic E-state index is 13.3. The van der Waals surface area contributed by atoms with Gasteiger partial charge in [-0.15, -0.1) is 0 Å². The highest BCUT2D eigenvalue weighted by molar-refractivity contribution is 6.31. The highest BCUT2D eigenvalue weighted by Crippen LogP contribution is 2.27. The Labute approximate surface area is 189 Å². The summed E-state index contributed by atoms with van der Waals surface area (Å²) in [6, 6.07) is 10.8. The van der Waals surface area contributed by atoms with Crippen LogP contribution >= 0.6 is 11.6 Å². The van der Waals surface area contributed by atoms with Gasteiger partial charge in [0.2, 0.25) is 5.91 Å². The molecule has 0 aliphatic carbocycles. The topological polar surface area (TPSA) is 91.0 Å². The Morgan fingerprint density at radius 2 is 1.91 bits per heavy atom. The third kappa shape index (κ3) is 3.97. The molecule has 8 nitrogen and oxygen atoms in total. The number of hydrogen-bond acceptors (Lipinski definition) is 5. The maximum Gasteiger partial charge on any atom is 0.293 e. The van der Waals surface area contributed by atoms with Crippen molar-refractivity contribution >= 4 is 34.1 Å². The summed E-state index contributed by atoms with van der Waals surface area (Å²) in [7, 11) is 1.50. The van der Waals surface area contributed by atoms with Gasteiger partial charge in [-0.2, -0.15) is 10.2 Å². The fourth-order valence-electron chi connectivity index (χ4n) is 3.49. The zero-order valence-electron chi connectivity index (χ0n) is 18.1. The van der Waals surface area contributed by atoms with Crippen LogP contribution in [0.4, 0.5) is 5.69 Å². The van der Waals surface area contributed by atoms with Crippen molar-refractivity contribution in [2.24, 2.45) is 0 Å². The lowest BCUT2D eigenvalue weighted by molar-refractivity contribution is -0.117. The monoisotopic (exact) mass is 451 g/mol. The number of nitrogens with one attached hydrogen (secondary N) is 1. The Hall–Kier alpha value is -3.65. The second kappa shape index (κ2) is 8.47. The van der Waals surface area contributed by atoms with E-state index in [9.17, 15) is 9.59 Å². The van der Waals surface area contributed by atoms with Crippen LogP contribution in [-0.4, -0.2) is 32.6 Å². The van der Waals surface area contributed by atoms with Gasteiger partial charge in [-0.1, -0.05) is 17.7 Å². The Kier molecular flexibility index (Phi) is 5.71. The van der Waals surface area contributed by atoms with Crippen molar-refractivity contribution in [1.82, 2.24) is 19.6 Å². The van der Waals surface area contributed by atoms with E-state index in [4.69, 9.17) is 16.3 Å². The first-order valence-electron chi connectivity index (χ1n) is 9.95. The zero-order chi connectivity index (χ0) is 23.0. The van der Waals surface area contributed by atoms with Crippen molar-refractivity contribution in [3.05, 3.63) is 74.8 Å². The van der Waals surface area contributed by atoms with Gasteiger partial charge in [-0.05, 0) is 62.2 Å². The molecule has 0 aliphatic heterocycles. The van der Waals surface area contributed by atoms with Crippen LogP contribution in [0.25, 0.3) is 16.6 Å². The lowest BCUT2D eigenvalue weighted by Gasteiger charge is -2.12. The van der Waals surface area contributed by atoms with E-state index < -0.39 is 11.5 Å². The van der Waals surface area contributed by atoms with Crippen molar-refractivity contribution < 1.29 is 9.53 Å². The molecule has 0 unspecified atom stereocenters. The second-order valence-corrected chi connectivity index (χ2v) is 7.96. The molecule has 164 valence electrons. The lowest BCUT2D eigenvalue weighted by atomic mass is 10.1. The Bertz CT molecular complexity index is 1410. The number of aryl methyl sites for hydroxylation is 3. The van der Waals surface area contributed by atoms with Crippen LogP contribution < -0.4 is 15.6 Å². The number of hydrogen-bond donors (Lipinski definition) is 1. The van der Waals surface area contributed by atoms with Gasteiger partial charge in [-0.3, -0.25) is 9.59 Å². The lowest BCUT2D eigenvalue weighted by Crippen LogP contribution is -2.31. The summed E-state index contributed by atoms with van der Waals surface area (Å²) in [5.41, 5.74) is 3.98. The molecule has 2 aromatic carbocycles. The quantitative estimate of drug-likeness (QED) is 0.498. The van der Waals surface area contributed by atoms with Crippen LogP contribution in [0.2, 0.25) is 5.02 Å². The third-order valence-electron chi connectivity index (χ3n) is 5.33. The maximum atomic E-state index is 13.3. The minimum Gasteiger partial charge on any atom is -0.495 e. The van der Waals surface area contributed by atoms with Gasteiger partial charge < -0.3 is 10.1 Å². The molecule has 0 bridgehead atoms. The number of fused-ring (bicyclic) bond motifs is 1. The smallest absolute Gasteiger partial charge is 0.293 e. The molecule has 0 fully saturated rings. The molecule has 1 amide bonds. The standard InChI is InChI=1S/C23H22ClN5O3/c1-13-5-7-17(9-14(13)2)29-22-18(11-25-29)15(3)27-28(23(22)31)12-21(30)26-19-10-16(24)6-8-20(19)32-4/h5-11H,12H2,1-4H3,(H,26,30). The van der Waals surface area contributed by atoms with E-state index >= 15 is 0 Å². The predicted molar refractivity (Wildman–Crippen MR) is 124 cm³/mol. The molecule has 0 spiro atoms. The van der Waals surface area contributed by atoms with Crippen LogP contribution in [0.15, 0.2) is 47.4 Å². The Balaban J connectivity index is 1.72. The van der Waals surface area contributed by atoms with Crippen molar-refractivity contribution in [3.8, 4) is 11.4 Å². The van der Waals surface area contributed by atoms with Crippen molar-refractivity contribution in [1.29, 1.82) is 0 Å². The van der Waals surface area contributed by atoms with E-state index in [1.165, 1.54) is 7.11 Å². The Morgan fingerprint density at radius 1 is 1.12 bits per heavy atom. The van der Waals surface area contributed by atoms with E-state index in [2.05, 4.69) is 15.5 Å². The third-order valence-corrected chi connectivity index (χ3v) is 5.57. The summed E-state index contributed by atoms with van der Waals surface area (Å²) >= 11 is 6.03. The number of anilines is 1. The molecule has 32 heavy (non-hydrogen) atoms. The molecule has 0 saturated heterocycles. The SMILES string of the molecule is COc1ccc(Cl)cc1NC(=O)Cn1nc(C)c2cnn(-c3ccc(C)c(C)c3)c2c1=O. The van der Waals surface area contributed by atoms with Crippen molar-refractivity contribution in [2.75, 3.05) is 12.4 Å². The summed E-state index contributed by atoms with van der Waals surface area (Å²) in [6.07, 6.45) is 1.62. The molecule has 4 rings (SSSR count). The van der Waals surface area contributed by atoms with Crippen LogP contribution in [-0.2, 0) is 11.3 Å². The van der Waals surface area contributed by atoms with Gasteiger partial charge in [0.25, 0.3) is 5.56 Å². The summed E-state index contributed by atoms with van der Waals surface area (Å²) in [4.78, 5) is 26.0. The molecule has 0 aliphatic rings. The number of carbonyl (C=O) groups is 1. The summed E-state index contributed by atoms with van der Waals surface area (Å²) < 4.78 is 7.99. The van der Waals surface area contributed by atoms with Crippen LogP contribution in [0.5, 0.6) is 5.75 Å². The molecular weight excluding hydrogens is 430 g/mol. The highest BCUT2D eigenvalue weighted by Gasteiger charge is 2.17. The molecule has 1 N–H and O–H groups in total. The summed E-state index contributed by atoms with van der Waals surface area (Å²) in [5.74, 6) is 0.0265. The molecule has 4 aromatic rings. The number of benzene rings is 2. The van der Waals surface area contributed by atoms with Crippen LogP contribution in [0, 0.1) is 20.8 Å². The van der Waals surface area contributed by atoms with Gasteiger partial charge in [0.15, 0.2) is 0 Å². The first-order valence-corrected chi connectivity index (χ1v) is 10.3. The number of amides is 1. The molecule has 2 aromatic heterocycles. The average molecular weight is 452 g/mol. The first kappa shape index (κ1) is 21.6. The zero-order valence-corrected chi connectivity index (χ0v) is 18.9. The molecule has 9 heteroatoms. The second-order valence-electron chi connectivity index (χ2n) is 7.53. The average Bonchev–Trinajstić information content (AvgIpc) is 3.20. The predicted octanol–water partition coefficient (Wildman–Crippen LogP) is 3.81. The van der Waals surface area contributed by atoms with E-state index in [1.54, 1.807) is 36.0 Å². The molecule has 2 heterocycles. The van der Waals surface area contributed by atoms with Gasteiger partial charge in [0.05, 0.1) is 30.4 Å². The molecule has 0 radical (unpaired) electrons. The molecular formula is C23H22ClN5O3. The summed E-state index contributed by atoms with van der Waals surface area (Å²) in [6.45, 7) is 5.53. The number of nitrogens with zero attached hydrogens (tertiary/aromatic N) is 4. The van der Waals surface area contributed by atoms with Crippen LogP contribution in [0.1, 0.15) is 16.8 Å². The number of halogens is 1. The van der Waals surface area contributed by atoms with Crippen LogP contribution in [0.3, 0.4) is 0 Å². The number of rotatable bonds is 5. The Morgan fingerprint density at radius 3 is 2.62 bits per heavy atom. The number of methoxy groups -OCH3 is 1. The summed E-state index contributed by atoms with van der Waals surface area (Å²) in [5, 5.41) is 12.5. The van der Waals surface area contributed by atoms with Crippen molar-refractivity contribution in [2.45, 2.75) is 27.3 Å². The van der Waals surface area contributed by atoms with E-state index in [0.717, 1.165) is 21.5 Å². The minimum absolute atomic E-state index is 0.274. The highest BCUT2D eigenvalue weighted by atomic mass is 35.5. The van der Waals surface area contributed by atoms with Crippen molar-refractivity contribution in [3.63, 3.8) is 0 Å². The largest absolute Gasteiger partial charge is 0.495 e. The molecule has 0 atom stereocenters. The van der Waals surface area contributed by atoms with E-state index in [-0.39, 0.29) is 6.54 Å². The minimum atomic E-state index is -0.434. The first-order chi connectivity index (χ1) is 15.3.